The lowest BCUT2D eigenvalue weighted by Gasteiger charge is -2.34. The molecule has 10 rings (SSSR count). The monoisotopic (exact) mass is 708 g/mol. The summed E-state index contributed by atoms with van der Waals surface area (Å²) in [6, 6.07) is 65.1. The first-order valence-corrected chi connectivity index (χ1v) is 19.1. The molecule has 0 amide bonds. The number of nitrogens with zero attached hydrogens (tertiary/aromatic N) is 2. The SMILES string of the molecule is CC(C)(C)c1cc(Oc2cccc(C3(c4ccccn4)c4ccccc4-c4ccccc43)c2)nc(C2(c3ccccc3)c3ccccc3-c3ccccc32)c1. The summed E-state index contributed by atoms with van der Waals surface area (Å²) in [5, 5.41) is 0. The molecule has 2 aliphatic rings. The maximum atomic E-state index is 7.00. The molecule has 0 radical (unpaired) electrons. The van der Waals surface area contributed by atoms with E-state index in [4.69, 9.17) is 14.7 Å². The Hall–Kier alpha value is -6.58. The van der Waals surface area contributed by atoms with Crippen molar-refractivity contribution in [2.75, 3.05) is 0 Å². The molecular formula is C52H40N2O. The van der Waals surface area contributed by atoms with Crippen molar-refractivity contribution in [3.8, 4) is 33.9 Å². The van der Waals surface area contributed by atoms with Gasteiger partial charge in [0.25, 0.3) is 0 Å². The molecule has 0 saturated heterocycles. The number of fused-ring (bicyclic) bond motifs is 6. The minimum absolute atomic E-state index is 0.173. The number of pyridine rings is 2. The van der Waals surface area contributed by atoms with Gasteiger partial charge in [0.05, 0.1) is 22.2 Å². The minimum Gasteiger partial charge on any atom is -0.439 e. The maximum absolute atomic E-state index is 7.00. The van der Waals surface area contributed by atoms with Gasteiger partial charge in [-0.25, -0.2) is 4.98 Å². The molecule has 55 heavy (non-hydrogen) atoms. The van der Waals surface area contributed by atoms with E-state index in [1.807, 2.05) is 18.3 Å². The van der Waals surface area contributed by atoms with E-state index in [2.05, 4.69) is 191 Å². The van der Waals surface area contributed by atoms with Crippen molar-refractivity contribution in [1.82, 2.24) is 9.97 Å². The van der Waals surface area contributed by atoms with Gasteiger partial charge in [-0.2, -0.15) is 0 Å². The van der Waals surface area contributed by atoms with E-state index in [1.54, 1.807) is 0 Å². The Bertz CT molecular complexity index is 2640. The van der Waals surface area contributed by atoms with Gasteiger partial charge in [-0.3, -0.25) is 4.98 Å². The molecule has 0 aliphatic heterocycles. The van der Waals surface area contributed by atoms with E-state index in [-0.39, 0.29) is 5.41 Å². The van der Waals surface area contributed by atoms with E-state index >= 15 is 0 Å². The van der Waals surface area contributed by atoms with Crippen LogP contribution in [-0.4, -0.2) is 9.97 Å². The Balaban J connectivity index is 1.18. The molecule has 3 nitrogen and oxygen atoms in total. The zero-order valence-corrected chi connectivity index (χ0v) is 31.2. The van der Waals surface area contributed by atoms with Crippen molar-refractivity contribution < 1.29 is 4.74 Å². The quantitative estimate of drug-likeness (QED) is 0.172. The predicted molar refractivity (Wildman–Crippen MR) is 222 cm³/mol. The highest BCUT2D eigenvalue weighted by Crippen LogP contribution is 2.57. The van der Waals surface area contributed by atoms with E-state index < -0.39 is 10.8 Å². The van der Waals surface area contributed by atoms with Gasteiger partial charge in [0.15, 0.2) is 0 Å². The van der Waals surface area contributed by atoms with Gasteiger partial charge < -0.3 is 4.74 Å². The molecule has 3 heteroatoms. The fraction of sp³-hybridized carbons (Fsp3) is 0.115. The van der Waals surface area contributed by atoms with Gasteiger partial charge >= 0.3 is 0 Å². The van der Waals surface area contributed by atoms with Gasteiger partial charge in [-0.1, -0.05) is 166 Å². The third-order valence-electron chi connectivity index (χ3n) is 11.7. The Labute approximate surface area is 323 Å². The second kappa shape index (κ2) is 12.5. The van der Waals surface area contributed by atoms with Crippen molar-refractivity contribution >= 4 is 0 Å². The minimum atomic E-state index is -0.643. The lowest BCUT2D eigenvalue weighted by Crippen LogP contribution is -2.30. The van der Waals surface area contributed by atoms with Crippen LogP contribution in [0, 0.1) is 0 Å². The third kappa shape index (κ3) is 4.89. The van der Waals surface area contributed by atoms with Gasteiger partial charge in [0, 0.05) is 12.3 Å². The van der Waals surface area contributed by atoms with Crippen molar-refractivity contribution in [2.24, 2.45) is 0 Å². The van der Waals surface area contributed by atoms with E-state index in [0.717, 1.165) is 28.3 Å². The maximum Gasteiger partial charge on any atom is 0.219 e. The van der Waals surface area contributed by atoms with Crippen LogP contribution in [0.5, 0.6) is 11.6 Å². The Morgan fingerprint density at radius 3 is 1.45 bits per heavy atom. The molecular weight excluding hydrogens is 669 g/mol. The van der Waals surface area contributed by atoms with E-state index in [0.29, 0.717) is 5.88 Å². The summed E-state index contributed by atoms with van der Waals surface area (Å²) in [5.41, 5.74) is 13.7. The molecule has 0 bridgehead atoms. The van der Waals surface area contributed by atoms with Crippen molar-refractivity contribution in [3.05, 3.63) is 239 Å². The first-order valence-electron chi connectivity index (χ1n) is 19.1. The number of rotatable bonds is 6. The lowest BCUT2D eigenvalue weighted by atomic mass is 9.69. The molecule has 0 atom stereocenters. The van der Waals surface area contributed by atoms with Crippen LogP contribution in [0.25, 0.3) is 22.3 Å². The highest BCUT2D eigenvalue weighted by Gasteiger charge is 2.49. The smallest absolute Gasteiger partial charge is 0.219 e. The number of aromatic nitrogens is 2. The zero-order valence-electron chi connectivity index (χ0n) is 31.2. The Morgan fingerprint density at radius 2 is 0.927 bits per heavy atom. The molecule has 6 aromatic carbocycles. The average molecular weight is 709 g/mol. The highest BCUT2D eigenvalue weighted by molar-refractivity contribution is 5.87. The summed E-state index contributed by atoms with van der Waals surface area (Å²) in [6.45, 7) is 6.77. The first kappa shape index (κ1) is 33.0. The van der Waals surface area contributed by atoms with Crippen LogP contribution in [0.3, 0.4) is 0 Å². The van der Waals surface area contributed by atoms with Crippen molar-refractivity contribution in [1.29, 1.82) is 0 Å². The van der Waals surface area contributed by atoms with Crippen molar-refractivity contribution in [2.45, 2.75) is 37.0 Å². The van der Waals surface area contributed by atoms with Crippen molar-refractivity contribution in [3.63, 3.8) is 0 Å². The van der Waals surface area contributed by atoms with Crippen LogP contribution in [0.15, 0.2) is 188 Å². The van der Waals surface area contributed by atoms with Crippen LogP contribution < -0.4 is 4.74 Å². The molecule has 2 aliphatic carbocycles. The predicted octanol–water partition coefficient (Wildman–Crippen LogP) is 12.3. The normalized spacial score (nSPS) is 14.4. The van der Waals surface area contributed by atoms with Gasteiger partial charge in [0.2, 0.25) is 5.88 Å². The molecule has 0 fully saturated rings. The van der Waals surface area contributed by atoms with Gasteiger partial charge in [0.1, 0.15) is 5.75 Å². The van der Waals surface area contributed by atoms with Crippen LogP contribution in [-0.2, 0) is 16.2 Å². The Kier molecular flexibility index (Phi) is 7.50. The zero-order chi connectivity index (χ0) is 37.2. The molecule has 8 aromatic rings. The molecule has 2 heterocycles. The molecule has 2 aromatic heterocycles. The summed E-state index contributed by atoms with van der Waals surface area (Å²) in [7, 11) is 0. The summed E-state index contributed by atoms with van der Waals surface area (Å²) in [4.78, 5) is 10.5. The molecule has 0 unspecified atom stereocenters. The second-order valence-corrected chi connectivity index (χ2v) is 15.7. The topological polar surface area (TPSA) is 35.0 Å². The fourth-order valence-electron chi connectivity index (χ4n) is 9.31. The number of hydrogen-bond donors (Lipinski definition) is 0. The summed E-state index contributed by atoms with van der Waals surface area (Å²) < 4.78 is 7.00. The largest absolute Gasteiger partial charge is 0.439 e. The second-order valence-electron chi connectivity index (χ2n) is 15.7. The number of hydrogen-bond acceptors (Lipinski definition) is 3. The third-order valence-corrected chi connectivity index (χ3v) is 11.7. The molecule has 0 N–H and O–H groups in total. The van der Waals surface area contributed by atoms with Crippen LogP contribution in [0.1, 0.15) is 71.1 Å². The van der Waals surface area contributed by atoms with Gasteiger partial charge in [-0.05, 0) is 96.9 Å². The van der Waals surface area contributed by atoms with Crippen LogP contribution in [0.2, 0.25) is 0 Å². The van der Waals surface area contributed by atoms with Crippen LogP contribution in [0.4, 0.5) is 0 Å². The standard InChI is InChI=1S/C52H40N2O/c1-50(2,3)37-33-48(51(35-18-5-4-6-19-35)43-26-11-7-22-39(43)40-23-8-12-27-44(40)51)54-49(34-37)55-38-21-17-20-36(32-38)52(47-30-15-16-31-53-47)45-28-13-9-24-41(45)42-25-10-14-29-46(42)52/h4-34H,1-3H3. The summed E-state index contributed by atoms with van der Waals surface area (Å²) in [5.74, 6) is 1.29. The Morgan fingerprint density at radius 1 is 0.436 bits per heavy atom. The molecule has 0 saturated carbocycles. The summed E-state index contributed by atoms with van der Waals surface area (Å²) in [6.07, 6.45) is 1.90. The fourth-order valence-corrected chi connectivity index (χ4v) is 9.31. The van der Waals surface area contributed by atoms with E-state index in [1.165, 1.54) is 50.1 Å². The molecule has 0 spiro atoms. The van der Waals surface area contributed by atoms with E-state index in [9.17, 15) is 0 Å². The number of benzene rings is 6. The number of ether oxygens (including phenoxy) is 1. The first-order chi connectivity index (χ1) is 26.9. The summed E-state index contributed by atoms with van der Waals surface area (Å²) >= 11 is 0. The average Bonchev–Trinajstić information content (AvgIpc) is 3.70. The van der Waals surface area contributed by atoms with Gasteiger partial charge in [-0.15, -0.1) is 0 Å². The lowest BCUT2D eigenvalue weighted by molar-refractivity contribution is 0.452. The highest BCUT2D eigenvalue weighted by atomic mass is 16.5. The molecule has 264 valence electrons. The van der Waals surface area contributed by atoms with Crippen LogP contribution >= 0.6 is 0 Å².